The summed E-state index contributed by atoms with van der Waals surface area (Å²) in [5.74, 6) is 5.54. The van der Waals surface area contributed by atoms with Gasteiger partial charge in [-0.3, -0.25) is 5.84 Å². The molecular weight excluding hydrogens is 254 g/mol. The summed E-state index contributed by atoms with van der Waals surface area (Å²) < 4.78 is 36.4. The number of hydrazine groups is 1. The van der Waals surface area contributed by atoms with E-state index in [1.807, 2.05) is 5.43 Å². The maximum absolute atomic E-state index is 13.2. The summed E-state index contributed by atoms with van der Waals surface area (Å²) in [6, 6.07) is 3.03. The molecule has 0 saturated heterocycles. The summed E-state index contributed by atoms with van der Waals surface area (Å²) in [5.41, 5.74) is 2.04. The van der Waals surface area contributed by atoms with Crippen LogP contribution in [-0.2, 0) is 0 Å². The third-order valence-corrected chi connectivity index (χ3v) is 2.47. The molecular formula is C10H13ClF2N2O2. The van der Waals surface area contributed by atoms with Crippen molar-refractivity contribution in [3.63, 3.8) is 0 Å². The molecule has 0 aliphatic carbocycles. The lowest BCUT2D eigenvalue weighted by atomic mass is 10.0. The van der Waals surface area contributed by atoms with Crippen LogP contribution in [0.3, 0.4) is 0 Å². The fourth-order valence-electron chi connectivity index (χ4n) is 1.51. The van der Waals surface area contributed by atoms with Crippen LogP contribution in [0.5, 0.6) is 11.5 Å². The SMILES string of the molecule is COc1cccc(OC)c1C(NN)C(F)(F)Cl. The van der Waals surface area contributed by atoms with E-state index in [1.54, 1.807) is 6.07 Å². The van der Waals surface area contributed by atoms with Gasteiger partial charge in [0, 0.05) is 0 Å². The van der Waals surface area contributed by atoms with Crippen LogP contribution in [0, 0.1) is 0 Å². The molecule has 0 spiro atoms. The first kappa shape index (κ1) is 14.0. The van der Waals surface area contributed by atoms with Crippen molar-refractivity contribution in [3.05, 3.63) is 23.8 Å². The average molecular weight is 267 g/mol. The molecule has 7 heteroatoms. The van der Waals surface area contributed by atoms with Crippen molar-refractivity contribution in [2.45, 2.75) is 11.4 Å². The van der Waals surface area contributed by atoms with Gasteiger partial charge in [0.1, 0.15) is 17.5 Å². The number of rotatable bonds is 5. The number of benzene rings is 1. The predicted octanol–water partition coefficient (Wildman–Crippen LogP) is 2.04. The third-order valence-electron chi connectivity index (χ3n) is 2.25. The molecule has 1 aromatic rings. The molecule has 1 unspecified atom stereocenters. The highest BCUT2D eigenvalue weighted by Crippen LogP contribution is 2.42. The molecule has 0 aliphatic heterocycles. The zero-order valence-electron chi connectivity index (χ0n) is 9.34. The summed E-state index contributed by atoms with van der Waals surface area (Å²) in [5, 5.41) is -3.57. The molecule has 1 atom stereocenters. The number of methoxy groups -OCH3 is 2. The van der Waals surface area contributed by atoms with Gasteiger partial charge in [0.25, 0.3) is 0 Å². The first-order valence-electron chi connectivity index (χ1n) is 4.69. The zero-order valence-corrected chi connectivity index (χ0v) is 10.1. The Kier molecular flexibility index (Phi) is 4.50. The number of nitrogens with one attached hydrogen (secondary N) is 1. The molecule has 17 heavy (non-hydrogen) atoms. The van der Waals surface area contributed by atoms with E-state index in [0.29, 0.717) is 0 Å². The Hall–Kier alpha value is -1.11. The fourth-order valence-corrected chi connectivity index (χ4v) is 1.68. The second-order valence-electron chi connectivity index (χ2n) is 3.22. The highest BCUT2D eigenvalue weighted by atomic mass is 35.5. The molecule has 0 amide bonds. The van der Waals surface area contributed by atoms with Crippen molar-refractivity contribution < 1.29 is 18.3 Å². The maximum atomic E-state index is 13.2. The highest BCUT2D eigenvalue weighted by molar-refractivity contribution is 6.22. The van der Waals surface area contributed by atoms with Gasteiger partial charge in [-0.1, -0.05) is 6.07 Å². The quantitative estimate of drug-likeness (QED) is 0.486. The van der Waals surface area contributed by atoms with Crippen LogP contribution in [0.2, 0.25) is 0 Å². The Morgan fingerprint density at radius 1 is 1.29 bits per heavy atom. The number of hydrogen-bond donors (Lipinski definition) is 2. The van der Waals surface area contributed by atoms with Gasteiger partial charge in [-0.25, -0.2) is 5.43 Å². The van der Waals surface area contributed by atoms with Gasteiger partial charge in [-0.05, 0) is 23.7 Å². The van der Waals surface area contributed by atoms with E-state index in [9.17, 15) is 8.78 Å². The lowest BCUT2D eigenvalue weighted by molar-refractivity contribution is 0.0477. The summed E-state index contributed by atoms with van der Waals surface area (Å²) in [6.45, 7) is 0. The Bertz CT molecular complexity index is 363. The summed E-state index contributed by atoms with van der Waals surface area (Å²) in [4.78, 5) is 0. The smallest absolute Gasteiger partial charge is 0.342 e. The molecule has 0 bridgehead atoms. The molecule has 1 rings (SSSR count). The van der Waals surface area contributed by atoms with E-state index < -0.39 is 11.4 Å². The average Bonchev–Trinajstić information content (AvgIpc) is 2.28. The number of halogens is 3. The molecule has 1 aromatic carbocycles. The van der Waals surface area contributed by atoms with Crippen LogP contribution >= 0.6 is 11.6 Å². The molecule has 0 saturated carbocycles. The standard InChI is InChI=1S/C10H13ClF2N2O2/c1-16-6-4-3-5-7(17-2)8(6)9(15-14)10(11,12)13/h3-5,9,15H,14H2,1-2H3. The Morgan fingerprint density at radius 3 is 2.06 bits per heavy atom. The van der Waals surface area contributed by atoms with Gasteiger partial charge >= 0.3 is 5.38 Å². The van der Waals surface area contributed by atoms with Gasteiger partial charge in [0.15, 0.2) is 0 Å². The van der Waals surface area contributed by atoms with Crippen molar-refractivity contribution in [1.82, 2.24) is 5.43 Å². The van der Waals surface area contributed by atoms with Crippen LogP contribution in [0.25, 0.3) is 0 Å². The third kappa shape index (κ3) is 2.96. The van der Waals surface area contributed by atoms with Gasteiger partial charge in [-0.2, -0.15) is 8.78 Å². The van der Waals surface area contributed by atoms with E-state index in [2.05, 4.69) is 0 Å². The summed E-state index contributed by atoms with van der Waals surface area (Å²) >= 11 is 5.00. The largest absolute Gasteiger partial charge is 0.496 e. The number of ether oxygens (including phenoxy) is 2. The van der Waals surface area contributed by atoms with Crippen LogP contribution in [0.4, 0.5) is 8.78 Å². The van der Waals surface area contributed by atoms with Gasteiger partial charge < -0.3 is 9.47 Å². The molecule has 96 valence electrons. The molecule has 0 heterocycles. The monoisotopic (exact) mass is 266 g/mol. The van der Waals surface area contributed by atoms with Crippen molar-refractivity contribution in [1.29, 1.82) is 0 Å². The van der Waals surface area contributed by atoms with Crippen LogP contribution < -0.4 is 20.7 Å². The second-order valence-corrected chi connectivity index (χ2v) is 3.72. The van der Waals surface area contributed by atoms with Crippen LogP contribution in [0.1, 0.15) is 11.6 Å². The zero-order chi connectivity index (χ0) is 13.1. The lowest BCUT2D eigenvalue weighted by Gasteiger charge is -2.24. The molecule has 0 aromatic heterocycles. The first-order chi connectivity index (χ1) is 7.95. The number of nitrogens with two attached hydrogens (primary N) is 1. The topological polar surface area (TPSA) is 56.5 Å². The molecule has 3 N–H and O–H groups in total. The normalized spacial score (nSPS) is 13.3. The van der Waals surface area contributed by atoms with Gasteiger partial charge in [0.2, 0.25) is 0 Å². The minimum absolute atomic E-state index is 0.0694. The van der Waals surface area contributed by atoms with E-state index in [0.717, 1.165) is 0 Å². The van der Waals surface area contributed by atoms with Crippen molar-refractivity contribution in [2.24, 2.45) is 5.84 Å². The second kappa shape index (κ2) is 5.48. The molecule has 0 fully saturated rings. The van der Waals surface area contributed by atoms with Crippen molar-refractivity contribution in [3.8, 4) is 11.5 Å². The van der Waals surface area contributed by atoms with E-state index >= 15 is 0 Å². The maximum Gasteiger partial charge on any atom is 0.342 e. The molecule has 4 nitrogen and oxygen atoms in total. The lowest BCUT2D eigenvalue weighted by Crippen LogP contribution is -2.38. The first-order valence-corrected chi connectivity index (χ1v) is 5.07. The Morgan fingerprint density at radius 2 is 1.76 bits per heavy atom. The van der Waals surface area contributed by atoms with Crippen LogP contribution in [0.15, 0.2) is 18.2 Å². The van der Waals surface area contributed by atoms with Gasteiger partial charge in [0.05, 0.1) is 19.8 Å². The predicted molar refractivity (Wildman–Crippen MR) is 60.4 cm³/mol. The van der Waals surface area contributed by atoms with Crippen LogP contribution in [-0.4, -0.2) is 19.6 Å². The molecule has 0 aliphatic rings. The van der Waals surface area contributed by atoms with E-state index in [1.165, 1.54) is 26.4 Å². The number of hydrogen-bond acceptors (Lipinski definition) is 4. The Labute approximate surface area is 103 Å². The minimum Gasteiger partial charge on any atom is -0.496 e. The number of alkyl halides is 3. The molecule has 0 radical (unpaired) electrons. The van der Waals surface area contributed by atoms with Crippen molar-refractivity contribution >= 4 is 11.6 Å². The van der Waals surface area contributed by atoms with E-state index in [4.69, 9.17) is 26.9 Å². The Balaban J connectivity index is 3.34. The van der Waals surface area contributed by atoms with E-state index in [-0.39, 0.29) is 17.1 Å². The van der Waals surface area contributed by atoms with Gasteiger partial charge in [-0.15, -0.1) is 0 Å². The fraction of sp³-hybridized carbons (Fsp3) is 0.400. The minimum atomic E-state index is -3.57. The van der Waals surface area contributed by atoms with Crippen molar-refractivity contribution in [2.75, 3.05) is 14.2 Å². The summed E-state index contributed by atoms with van der Waals surface area (Å²) in [7, 11) is 2.72. The summed E-state index contributed by atoms with van der Waals surface area (Å²) in [6.07, 6.45) is 0. The highest BCUT2D eigenvalue weighted by Gasteiger charge is 2.41.